The number of fused-ring (bicyclic) bond motifs is 1. The highest BCUT2D eigenvalue weighted by Crippen LogP contribution is 2.30. The third-order valence-corrected chi connectivity index (χ3v) is 3.78. The van der Waals surface area contributed by atoms with E-state index in [0.29, 0.717) is 6.54 Å². The average molecular weight is 294 g/mol. The SMILES string of the molecule is COc1ccc(CCN=CC2C(=O)Nc3ccccc32)cc1. The molecule has 0 aromatic heterocycles. The van der Waals surface area contributed by atoms with Crippen molar-refractivity contribution in [1.82, 2.24) is 0 Å². The maximum Gasteiger partial charge on any atom is 0.237 e. The Balaban J connectivity index is 1.59. The lowest BCUT2D eigenvalue weighted by molar-refractivity contribution is -0.115. The molecule has 1 N–H and O–H groups in total. The highest BCUT2D eigenvalue weighted by atomic mass is 16.5. The maximum atomic E-state index is 11.9. The van der Waals surface area contributed by atoms with Gasteiger partial charge < -0.3 is 10.1 Å². The first-order valence-corrected chi connectivity index (χ1v) is 7.30. The molecule has 4 heteroatoms. The Bertz CT molecular complexity index is 692. The summed E-state index contributed by atoms with van der Waals surface area (Å²) in [5, 5.41) is 2.87. The number of carbonyl (C=O) groups is 1. The van der Waals surface area contributed by atoms with Crippen LogP contribution in [0.1, 0.15) is 17.0 Å². The Kier molecular flexibility index (Phi) is 4.19. The highest BCUT2D eigenvalue weighted by molar-refractivity contribution is 6.12. The number of amides is 1. The number of hydrogen-bond acceptors (Lipinski definition) is 3. The second-order valence-corrected chi connectivity index (χ2v) is 5.21. The normalized spacial score (nSPS) is 16.6. The van der Waals surface area contributed by atoms with E-state index in [0.717, 1.165) is 23.4 Å². The molecule has 1 atom stereocenters. The van der Waals surface area contributed by atoms with Crippen LogP contribution in [0.3, 0.4) is 0 Å². The van der Waals surface area contributed by atoms with Gasteiger partial charge in [0.2, 0.25) is 5.91 Å². The Hall–Kier alpha value is -2.62. The summed E-state index contributed by atoms with van der Waals surface area (Å²) in [6, 6.07) is 15.7. The summed E-state index contributed by atoms with van der Waals surface area (Å²) >= 11 is 0. The second-order valence-electron chi connectivity index (χ2n) is 5.21. The molecule has 0 aliphatic carbocycles. The summed E-state index contributed by atoms with van der Waals surface area (Å²) in [5.41, 5.74) is 3.09. The van der Waals surface area contributed by atoms with Gasteiger partial charge in [0.25, 0.3) is 0 Å². The summed E-state index contributed by atoms with van der Waals surface area (Å²) < 4.78 is 5.13. The van der Waals surface area contributed by atoms with Gasteiger partial charge in [-0.25, -0.2) is 0 Å². The van der Waals surface area contributed by atoms with Crippen molar-refractivity contribution in [2.24, 2.45) is 4.99 Å². The molecule has 1 amide bonds. The molecule has 4 nitrogen and oxygen atoms in total. The van der Waals surface area contributed by atoms with Crippen LogP contribution in [0.4, 0.5) is 5.69 Å². The molecule has 2 aromatic rings. The Labute approximate surface area is 129 Å². The van der Waals surface area contributed by atoms with Crippen LogP contribution < -0.4 is 10.1 Å². The zero-order chi connectivity index (χ0) is 15.4. The topological polar surface area (TPSA) is 50.7 Å². The average Bonchev–Trinajstić information content (AvgIpc) is 2.88. The molecule has 1 heterocycles. The molecule has 1 unspecified atom stereocenters. The molecule has 0 fully saturated rings. The molecule has 1 aliphatic heterocycles. The third-order valence-electron chi connectivity index (χ3n) is 3.78. The van der Waals surface area contributed by atoms with E-state index in [1.807, 2.05) is 48.5 Å². The number of carbonyl (C=O) groups excluding carboxylic acids is 1. The summed E-state index contributed by atoms with van der Waals surface area (Å²) in [6.45, 7) is 0.665. The largest absolute Gasteiger partial charge is 0.497 e. The van der Waals surface area contributed by atoms with Crippen molar-refractivity contribution in [1.29, 1.82) is 0 Å². The number of hydrogen-bond donors (Lipinski definition) is 1. The van der Waals surface area contributed by atoms with Gasteiger partial charge in [0.1, 0.15) is 11.7 Å². The number of rotatable bonds is 5. The lowest BCUT2D eigenvalue weighted by Gasteiger charge is -2.03. The molecule has 0 radical (unpaired) electrons. The minimum atomic E-state index is -0.271. The van der Waals surface area contributed by atoms with Gasteiger partial charge in [-0.3, -0.25) is 9.79 Å². The predicted molar refractivity (Wildman–Crippen MR) is 87.9 cm³/mol. The summed E-state index contributed by atoms with van der Waals surface area (Å²) in [6.07, 6.45) is 2.60. The predicted octanol–water partition coefficient (Wildman–Crippen LogP) is 3.04. The number of nitrogens with one attached hydrogen (secondary N) is 1. The highest BCUT2D eigenvalue weighted by Gasteiger charge is 2.28. The summed E-state index contributed by atoms with van der Waals surface area (Å²) in [5.74, 6) is 0.577. The van der Waals surface area contributed by atoms with Crippen molar-refractivity contribution in [3.63, 3.8) is 0 Å². The van der Waals surface area contributed by atoms with Crippen molar-refractivity contribution in [3.05, 3.63) is 59.7 Å². The van der Waals surface area contributed by atoms with Crippen LogP contribution >= 0.6 is 0 Å². The van der Waals surface area contributed by atoms with Crippen LogP contribution in [0.5, 0.6) is 5.75 Å². The molecule has 3 rings (SSSR count). The van der Waals surface area contributed by atoms with Crippen molar-refractivity contribution >= 4 is 17.8 Å². The molecule has 1 aliphatic rings. The standard InChI is InChI=1S/C18H18N2O2/c1-22-14-8-6-13(7-9-14)10-11-19-12-16-15-4-2-3-5-17(15)20-18(16)21/h2-9,12,16H,10-11H2,1H3,(H,20,21). The maximum absolute atomic E-state index is 11.9. The van der Waals surface area contributed by atoms with Crippen LogP contribution in [0.15, 0.2) is 53.5 Å². The van der Waals surface area contributed by atoms with Gasteiger partial charge in [0.15, 0.2) is 0 Å². The number of ether oxygens (including phenoxy) is 1. The van der Waals surface area contributed by atoms with Crippen molar-refractivity contribution in [2.45, 2.75) is 12.3 Å². The van der Waals surface area contributed by atoms with Gasteiger partial charge in [0.05, 0.1) is 7.11 Å². The fourth-order valence-corrected chi connectivity index (χ4v) is 2.55. The van der Waals surface area contributed by atoms with Crippen molar-refractivity contribution in [2.75, 3.05) is 19.0 Å². The van der Waals surface area contributed by atoms with E-state index in [9.17, 15) is 4.79 Å². The van der Waals surface area contributed by atoms with Crippen LogP contribution in [0.25, 0.3) is 0 Å². The lowest BCUT2D eigenvalue weighted by atomic mass is 10.0. The Morgan fingerprint density at radius 1 is 1.18 bits per heavy atom. The molecule has 112 valence electrons. The minimum Gasteiger partial charge on any atom is -0.497 e. The molecule has 0 spiro atoms. The van der Waals surface area contributed by atoms with Crippen molar-refractivity contribution in [3.8, 4) is 5.75 Å². The van der Waals surface area contributed by atoms with Gasteiger partial charge in [-0.15, -0.1) is 0 Å². The molecule has 0 bridgehead atoms. The molecular weight excluding hydrogens is 276 g/mol. The fourth-order valence-electron chi connectivity index (χ4n) is 2.55. The van der Waals surface area contributed by atoms with E-state index in [-0.39, 0.29) is 11.8 Å². The van der Waals surface area contributed by atoms with Gasteiger partial charge in [0, 0.05) is 18.4 Å². The smallest absolute Gasteiger partial charge is 0.237 e. The van der Waals surface area contributed by atoms with Crippen LogP contribution in [0, 0.1) is 0 Å². The number of benzene rings is 2. The number of aliphatic imine (C=N–C) groups is 1. The first-order chi connectivity index (χ1) is 10.8. The monoisotopic (exact) mass is 294 g/mol. The number of nitrogens with zero attached hydrogens (tertiary/aromatic N) is 1. The zero-order valence-electron chi connectivity index (χ0n) is 12.5. The number of para-hydroxylation sites is 1. The number of anilines is 1. The van der Waals surface area contributed by atoms with Gasteiger partial charge in [-0.2, -0.15) is 0 Å². The van der Waals surface area contributed by atoms with E-state index in [4.69, 9.17) is 4.74 Å². The van der Waals surface area contributed by atoms with Gasteiger partial charge in [-0.1, -0.05) is 30.3 Å². The van der Waals surface area contributed by atoms with Crippen LogP contribution in [0.2, 0.25) is 0 Å². The first kappa shape index (κ1) is 14.3. The van der Waals surface area contributed by atoms with Gasteiger partial charge in [-0.05, 0) is 35.7 Å². The fraction of sp³-hybridized carbons (Fsp3) is 0.222. The lowest BCUT2D eigenvalue weighted by Crippen LogP contribution is -2.13. The first-order valence-electron chi connectivity index (χ1n) is 7.30. The van der Waals surface area contributed by atoms with E-state index in [1.165, 1.54) is 5.56 Å². The van der Waals surface area contributed by atoms with Crippen LogP contribution in [-0.4, -0.2) is 25.8 Å². The quantitative estimate of drug-likeness (QED) is 0.862. The molecule has 0 saturated heterocycles. The molecule has 22 heavy (non-hydrogen) atoms. The zero-order valence-corrected chi connectivity index (χ0v) is 12.5. The third kappa shape index (κ3) is 3.01. The van der Waals surface area contributed by atoms with Crippen molar-refractivity contribution < 1.29 is 9.53 Å². The summed E-state index contributed by atoms with van der Waals surface area (Å²) in [7, 11) is 1.66. The van der Waals surface area contributed by atoms with E-state index in [1.54, 1.807) is 13.3 Å². The summed E-state index contributed by atoms with van der Waals surface area (Å²) in [4.78, 5) is 16.4. The Morgan fingerprint density at radius 3 is 2.73 bits per heavy atom. The van der Waals surface area contributed by atoms with E-state index >= 15 is 0 Å². The molecule has 0 saturated carbocycles. The van der Waals surface area contributed by atoms with E-state index in [2.05, 4.69) is 10.3 Å². The second kappa shape index (κ2) is 6.43. The molecular formula is C18H18N2O2. The van der Waals surface area contributed by atoms with Crippen LogP contribution in [-0.2, 0) is 11.2 Å². The van der Waals surface area contributed by atoms with Gasteiger partial charge >= 0.3 is 0 Å². The number of methoxy groups -OCH3 is 1. The minimum absolute atomic E-state index is 0.00519. The Morgan fingerprint density at radius 2 is 1.95 bits per heavy atom. The molecule has 2 aromatic carbocycles. The van der Waals surface area contributed by atoms with E-state index < -0.39 is 0 Å².